The molecule has 0 spiro atoms. The van der Waals surface area contributed by atoms with E-state index in [0.717, 1.165) is 25.7 Å². The maximum Gasteiger partial charge on any atom is 0.309 e. The van der Waals surface area contributed by atoms with E-state index < -0.39 is 5.54 Å². The van der Waals surface area contributed by atoms with E-state index in [1.54, 1.807) is 6.92 Å². The van der Waals surface area contributed by atoms with Gasteiger partial charge in [0.25, 0.3) is 0 Å². The first-order chi connectivity index (χ1) is 9.96. The number of amides is 1. The number of ether oxygens (including phenoxy) is 1. The lowest BCUT2D eigenvalue weighted by Crippen LogP contribution is -2.49. The fourth-order valence-corrected chi connectivity index (χ4v) is 2.72. The minimum Gasteiger partial charge on any atom is -0.469 e. The second kappa shape index (κ2) is 7.99. The molecule has 118 valence electrons. The molecule has 0 aromatic carbocycles. The Morgan fingerprint density at radius 1 is 1.43 bits per heavy atom. The van der Waals surface area contributed by atoms with Crippen LogP contribution in [0.15, 0.2) is 0 Å². The molecular formula is C15H25N3O3. The maximum absolute atomic E-state index is 12.1. The Hall–Kier alpha value is -1.61. The van der Waals surface area contributed by atoms with Crippen molar-refractivity contribution >= 4 is 11.9 Å². The lowest BCUT2D eigenvalue weighted by Gasteiger charge is -2.26. The van der Waals surface area contributed by atoms with Crippen molar-refractivity contribution in [2.24, 2.45) is 5.92 Å². The quantitative estimate of drug-likeness (QED) is 0.710. The summed E-state index contributed by atoms with van der Waals surface area (Å²) in [6, 6.07) is 2.24. The summed E-state index contributed by atoms with van der Waals surface area (Å²) in [5.41, 5.74) is -0.690. The Bertz CT molecular complexity index is 411. The monoisotopic (exact) mass is 295 g/mol. The number of likely N-dealkylation sites (N-methyl/N-ethyl adjacent to an activating group) is 1. The number of esters is 1. The topological polar surface area (TPSA) is 82.4 Å². The lowest BCUT2D eigenvalue weighted by atomic mass is 10.00. The molecule has 0 heterocycles. The first kappa shape index (κ1) is 17.4. The fourth-order valence-electron chi connectivity index (χ4n) is 2.72. The van der Waals surface area contributed by atoms with Crippen molar-refractivity contribution < 1.29 is 14.3 Å². The van der Waals surface area contributed by atoms with Crippen LogP contribution in [0.3, 0.4) is 0 Å². The van der Waals surface area contributed by atoms with Crippen LogP contribution in [-0.2, 0) is 14.3 Å². The van der Waals surface area contributed by atoms with E-state index in [4.69, 9.17) is 4.74 Å². The third-order valence-electron chi connectivity index (χ3n) is 4.00. The highest BCUT2D eigenvalue weighted by Crippen LogP contribution is 2.28. The van der Waals surface area contributed by atoms with Crippen molar-refractivity contribution in [3.63, 3.8) is 0 Å². The summed E-state index contributed by atoms with van der Waals surface area (Å²) < 4.78 is 4.69. The van der Waals surface area contributed by atoms with E-state index in [0.29, 0.717) is 13.1 Å². The first-order valence-corrected chi connectivity index (χ1v) is 7.48. The van der Waals surface area contributed by atoms with Crippen molar-refractivity contribution in [1.29, 1.82) is 5.26 Å². The van der Waals surface area contributed by atoms with Gasteiger partial charge in [-0.3, -0.25) is 14.5 Å². The van der Waals surface area contributed by atoms with Crippen LogP contribution in [0.4, 0.5) is 0 Å². The molecule has 21 heavy (non-hydrogen) atoms. The summed E-state index contributed by atoms with van der Waals surface area (Å²) in [6.07, 6.45) is 3.40. The molecule has 0 radical (unpaired) electrons. The molecule has 1 saturated carbocycles. The maximum atomic E-state index is 12.1. The second-order valence-corrected chi connectivity index (χ2v) is 5.70. The molecule has 6 nitrogen and oxygen atoms in total. The summed E-state index contributed by atoms with van der Waals surface area (Å²) in [7, 11) is 1.36. The SMILES string of the molecule is CCN(CC(=O)NC1(C#N)CCCC1)C[C@@H](C)C(=O)OC. The van der Waals surface area contributed by atoms with Crippen LogP contribution in [0.1, 0.15) is 39.5 Å². The molecular weight excluding hydrogens is 270 g/mol. The van der Waals surface area contributed by atoms with Crippen molar-refractivity contribution in [1.82, 2.24) is 10.2 Å². The van der Waals surface area contributed by atoms with Crippen LogP contribution < -0.4 is 5.32 Å². The summed E-state index contributed by atoms with van der Waals surface area (Å²) in [5, 5.41) is 12.1. The summed E-state index contributed by atoms with van der Waals surface area (Å²) in [6.45, 7) is 5.04. The lowest BCUT2D eigenvalue weighted by molar-refractivity contribution is -0.145. The van der Waals surface area contributed by atoms with Gasteiger partial charge in [-0.25, -0.2) is 0 Å². The largest absolute Gasteiger partial charge is 0.469 e. The molecule has 0 aromatic heterocycles. The smallest absolute Gasteiger partial charge is 0.309 e. The van der Waals surface area contributed by atoms with Crippen LogP contribution in [0.2, 0.25) is 0 Å². The molecule has 0 bridgehead atoms. The van der Waals surface area contributed by atoms with E-state index in [2.05, 4.69) is 11.4 Å². The zero-order chi connectivity index (χ0) is 15.9. The molecule has 1 aliphatic rings. The van der Waals surface area contributed by atoms with Crippen LogP contribution in [0.25, 0.3) is 0 Å². The molecule has 1 amide bonds. The number of hydrogen-bond acceptors (Lipinski definition) is 5. The number of nitrogens with one attached hydrogen (secondary N) is 1. The van der Waals surface area contributed by atoms with Crippen LogP contribution >= 0.6 is 0 Å². The minimum atomic E-state index is -0.690. The number of nitrogens with zero attached hydrogens (tertiary/aromatic N) is 2. The average molecular weight is 295 g/mol. The van der Waals surface area contributed by atoms with Crippen LogP contribution in [0, 0.1) is 17.2 Å². The third kappa shape index (κ3) is 5.01. The van der Waals surface area contributed by atoms with Gasteiger partial charge in [0, 0.05) is 6.54 Å². The molecule has 1 aliphatic carbocycles. The van der Waals surface area contributed by atoms with Crippen molar-refractivity contribution in [3.8, 4) is 6.07 Å². The van der Waals surface area contributed by atoms with Crippen LogP contribution in [-0.4, -0.2) is 49.1 Å². The van der Waals surface area contributed by atoms with Gasteiger partial charge in [-0.2, -0.15) is 5.26 Å². The molecule has 0 unspecified atom stereocenters. The Balaban J connectivity index is 2.51. The standard InChI is InChI=1S/C15H25N3O3/c1-4-18(9-12(2)14(20)21-3)10-13(19)17-15(11-16)7-5-6-8-15/h12H,4-10H2,1-3H3,(H,17,19)/t12-/m1/s1. The Morgan fingerprint density at radius 2 is 2.05 bits per heavy atom. The highest BCUT2D eigenvalue weighted by atomic mass is 16.5. The normalized spacial score (nSPS) is 18.0. The predicted molar refractivity (Wildman–Crippen MR) is 78.2 cm³/mol. The first-order valence-electron chi connectivity index (χ1n) is 7.48. The van der Waals surface area contributed by atoms with Crippen molar-refractivity contribution in [3.05, 3.63) is 0 Å². The van der Waals surface area contributed by atoms with Gasteiger partial charge in [0.05, 0.1) is 25.6 Å². The van der Waals surface area contributed by atoms with E-state index in [-0.39, 0.29) is 24.3 Å². The number of methoxy groups -OCH3 is 1. The van der Waals surface area contributed by atoms with Crippen molar-refractivity contribution in [2.75, 3.05) is 26.7 Å². The van der Waals surface area contributed by atoms with Crippen molar-refractivity contribution in [2.45, 2.75) is 45.1 Å². The number of nitriles is 1. The van der Waals surface area contributed by atoms with Gasteiger partial charge < -0.3 is 10.1 Å². The summed E-state index contributed by atoms with van der Waals surface area (Å²) in [5.74, 6) is -0.713. The zero-order valence-electron chi connectivity index (χ0n) is 13.1. The Labute approximate surface area is 126 Å². The predicted octanol–water partition coefficient (Wildman–Crippen LogP) is 1.07. The van der Waals surface area contributed by atoms with Gasteiger partial charge >= 0.3 is 5.97 Å². The molecule has 0 saturated heterocycles. The summed E-state index contributed by atoms with van der Waals surface area (Å²) >= 11 is 0. The molecule has 1 atom stereocenters. The van der Waals surface area contributed by atoms with Gasteiger partial charge in [0.15, 0.2) is 0 Å². The second-order valence-electron chi connectivity index (χ2n) is 5.70. The Kier molecular flexibility index (Phi) is 6.63. The van der Waals surface area contributed by atoms with Gasteiger partial charge in [-0.15, -0.1) is 0 Å². The highest BCUT2D eigenvalue weighted by Gasteiger charge is 2.35. The highest BCUT2D eigenvalue weighted by molar-refractivity contribution is 5.79. The average Bonchev–Trinajstić information content (AvgIpc) is 2.94. The fraction of sp³-hybridized carbons (Fsp3) is 0.800. The number of hydrogen-bond donors (Lipinski definition) is 1. The molecule has 1 N–H and O–H groups in total. The zero-order valence-corrected chi connectivity index (χ0v) is 13.1. The van der Waals surface area contributed by atoms with Crippen LogP contribution in [0.5, 0.6) is 0 Å². The minimum absolute atomic E-state index is 0.155. The van der Waals surface area contributed by atoms with Gasteiger partial charge in [0.2, 0.25) is 5.91 Å². The molecule has 6 heteroatoms. The van der Waals surface area contributed by atoms with E-state index >= 15 is 0 Å². The number of carbonyl (C=O) groups excluding carboxylic acids is 2. The molecule has 1 rings (SSSR count). The number of carbonyl (C=O) groups is 2. The van der Waals surface area contributed by atoms with E-state index in [9.17, 15) is 14.9 Å². The summed E-state index contributed by atoms with van der Waals surface area (Å²) in [4.78, 5) is 25.5. The van der Waals surface area contributed by atoms with E-state index in [1.165, 1.54) is 7.11 Å². The molecule has 1 fully saturated rings. The van der Waals surface area contributed by atoms with Gasteiger partial charge in [0.1, 0.15) is 5.54 Å². The number of rotatable bonds is 7. The van der Waals surface area contributed by atoms with Gasteiger partial charge in [-0.05, 0) is 32.2 Å². The van der Waals surface area contributed by atoms with Gasteiger partial charge in [-0.1, -0.05) is 13.8 Å². The molecule has 0 aromatic rings. The molecule has 0 aliphatic heterocycles. The third-order valence-corrected chi connectivity index (χ3v) is 4.00. The Morgan fingerprint density at radius 3 is 2.52 bits per heavy atom. The van der Waals surface area contributed by atoms with E-state index in [1.807, 2.05) is 11.8 Å².